The predicted octanol–water partition coefficient (Wildman–Crippen LogP) is 4.00. The zero-order valence-electron chi connectivity index (χ0n) is 13.9. The van der Waals surface area contributed by atoms with Crippen LogP contribution in [0, 0.1) is 0 Å². The van der Waals surface area contributed by atoms with Crippen molar-refractivity contribution in [3.05, 3.63) is 71.8 Å². The van der Waals surface area contributed by atoms with E-state index >= 15 is 0 Å². The van der Waals surface area contributed by atoms with E-state index in [1.807, 2.05) is 30.3 Å². The van der Waals surface area contributed by atoms with Gasteiger partial charge in [0.05, 0.1) is 0 Å². The number of hydrogen-bond donors (Lipinski definition) is 2. The summed E-state index contributed by atoms with van der Waals surface area (Å²) in [6.07, 6.45) is 4.86. The van der Waals surface area contributed by atoms with Crippen LogP contribution in [0.25, 0.3) is 0 Å². The highest BCUT2D eigenvalue weighted by Crippen LogP contribution is 2.32. The van der Waals surface area contributed by atoms with Gasteiger partial charge in [-0.15, -0.1) is 0 Å². The molecule has 1 saturated carbocycles. The van der Waals surface area contributed by atoms with Crippen molar-refractivity contribution in [2.45, 2.75) is 50.1 Å². The molecule has 2 N–H and O–H groups in total. The van der Waals surface area contributed by atoms with Crippen molar-refractivity contribution in [1.29, 1.82) is 0 Å². The highest BCUT2D eigenvalue weighted by Gasteiger charge is 2.26. The van der Waals surface area contributed by atoms with Crippen LogP contribution in [-0.2, 0) is 11.2 Å². The van der Waals surface area contributed by atoms with Crippen LogP contribution >= 0.6 is 0 Å². The first-order valence-corrected chi connectivity index (χ1v) is 8.80. The lowest BCUT2D eigenvalue weighted by atomic mass is 9.81. The highest BCUT2D eigenvalue weighted by molar-refractivity contribution is 5.74. The summed E-state index contributed by atoms with van der Waals surface area (Å²) in [4.78, 5) is 11.6. The molecule has 1 fully saturated rings. The molecule has 2 aromatic carbocycles. The molecular formula is C21H25NO2. The molecule has 0 unspecified atom stereocenters. The van der Waals surface area contributed by atoms with Crippen molar-refractivity contribution in [3.63, 3.8) is 0 Å². The quantitative estimate of drug-likeness (QED) is 0.845. The average molecular weight is 323 g/mol. The van der Waals surface area contributed by atoms with Crippen LogP contribution in [0.3, 0.4) is 0 Å². The normalized spacial score (nSPS) is 22.0. The zero-order valence-corrected chi connectivity index (χ0v) is 13.9. The third-order valence-corrected chi connectivity index (χ3v) is 5.02. The lowest BCUT2D eigenvalue weighted by molar-refractivity contribution is -0.139. The summed E-state index contributed by atoms with van der Waals surface area (Å²) in [5.41, 5.74) is 2.48. The van der Waals surface area contributed by atoms with E-state index in [1.165, 1.54) is 5.56 Å². The maximum atomic E-state index is 11.6. The Balaban J connectivity index is 1.54. The summed E-state index contributed by atoms with van der Waals surface area (Å²) in [6, 6.07) is 20.3. The number of carboxylic acids is 1. The van der Waals surface area contributed by atoms with Crippen molar-refractivity contribution in [2.75, 3.05) is 0 Å². The molecular weight excluding hydrogens is 298 g/mol. The van der Waals surface area contributed by atoms with E-state index in [-0.39, 0.29) is 0 Å². The SMILES string of the molecule is O=C(O)[C@H](Cc1ccccc1)NC1CCC(c2ccccc2)CC1. The Hall–Kier alpha value is -2.13. The summed E-state index contributed by atoms with van der Waals surface area (Å²) in [7, 11) is 0. The molecule has 0 saturated heterocycles. The van der Waals surface area contributed by atoms with Crippen LogP contribution in [0.4, 0.5) is 0 Å². The van der Waals surface area contributed by atoms with Crippen molar-refractivity contribution in [2.24, 2.45) is 0 Å². The Bertz CT molecular complexity index is 633. The molecule has 0 spiro atoms. The molecule has 3 heteroatoms. The number of rotatable bonds is 6. The van der Waals surface area contributed by atoms with Crippen molar-refractivity contribution in [3.8, 4) is 0 Å². The predicted molar refractivity (Wildman–Crippen MR) is 96.1 cm³/mol. The summed E-state index contributed by atoms with van der Waals surface area (Å²) < 4.78 is 0. The third-order valence-electron chi connectivity index (χ3n) is 5.02. The van der Waals surface area contributed by atoms with Crippen LogP contribution in [0.15, 0.2) is 60.7 Å². The van der Waals surface area contributed by atoms with E-state index in [1.54, 1.807) is 0 Å². The average Bonchev–Trinajstić information content (AvgIpc) is 2.63. The van der Waals surface area contributed by atoms with Crippen LogP contribution in [0.1, 0.15) is 42.7 Å². The molecule has 0 heterocycles. The number of nitrogens with one attached hydrogen (secondary N) is 1. The number of carboxylic acid groups (broad SMARTS) is 1. The molecule has 0 aromatic heterocycles. The van der Waals surface area contributed by atoms with E-state index in [0.29, 0.717) is 18.4 Å². The number of carbonyl (C=O) groups is 1. The summed E-state index contributed by atoms with van der Waals surface area (Å²) in [6.45, 7) is 0. The Labute approximate surface area is 143 Å². The first kappa shape index (κ1) is 16.7. The molecule has 24 heavy (non-hydrogen) atoms. The second kappa shape index (κ2) is 8.11. The molecule has 1 aliphatic carbocycles. The van der Waals surface area contributed by atoms with Crippen molar-refractivity contribution >= 4 is 5.97 Å². The molecule has 0 radical (unpaired) electrons. The molecule has 3 rings (SSSR count). The lowest BCUT2D eigenvalue weighted by Crippen LogP contribution is -2.45. The second-order valence-electron chi connectivity index (χ2n) is 6.71. The van der Waals surface area contributed by atoms with E-state index < -0.39 is 12.0 Å². The maximum absolute atomic E-state index is 11.6. The van der Waals surface area contributed by atoms with Gasteiger partial charge in [0.25, 0.3) is 0 Å². The van der Waals surface area contributed by atoms with Gasteiger partial charge in [-0.25, -0.2) is 0 Å². The van der Waals surface area contributed by atoms with E-state index in [9.17, 15) is 9.90 Å². The van der Waals surface area contributed by atoms with Gasteiger partial charge in [-0.2, -0.15) is 0 Å². The minimum atomic E-state index is -0.760. The standard InChI is InChI=1S/C21H25NO2/c23-21(24)20(15-16-7-3-1-4-8-16)22-19-13-11-18(12-14-19)17-9-5-2-6-10-17/h1-10,18-20,22H,11-15H2,(H,23,24)/t18?,19?,20-/m0/s1. The van der Waals surface area contributed by atoms with Gasteiger partial charge in [0.1, 0.15) is 6.04 Å². The molecule has 0 bridgehead atoms. The van der Waals surface area contributed by atoms with Crippen molar-refractivity contribution < 1.29 is 9.90 Å². The van der Waals surface area contributed by atoms with Gasteiger partial charge in [0, 0.05) is 6.04 Å². The van der Waals surface area contributed by atoms with Gasteiger partial charge >= 0.3 is 5.97 Å². The molecule has 0 amide bonds. The van der Waals surface area contributed by atoms with Crippen LogP contribution in [0.5, 0.6) is 0 Å². The Morgan fingerprint density at radius 2 is 1.54 bits per heavy atom. The fourth-order valence-corrected chi connectivity index (χ4v) is 3.67. The molecule has 3 nitrogen and oxygen atoms in total. The minimum Gasteiger partial charge on any atom is -0.480 e. The van der Waals surface area contributed by atoms with E-state index in [0.717, 1.165) is 31.2 Å². The first-order valence-electron chi connectivity index (χ1n) is 8.80. The Kier molecular flexibility index (Phi) is 5.65. The molecule has 126 valence electrons. The molecule has 2 aromatic rings. The van der Waals surface area contributed by atoms with E-state index in [2.05, 4.69) is 35.6 Å². The molecule has 1 aliphatic rings. The largest absolute Gasteiger partial charge is 0.480 e. The highest BCUT2D eigenvalue weighted by atomic mass is 16.4. The number of benzene rings is 2. The lowest BCUT2D eigenvalue weighted by Gasteiger charge is -2.31. The maximum Gasteiger partial charge on any atom is 0.321 e. The Morgan fingerprint density at radius 3 is 2.12 bits per heavy atom. The first-order chi connectivity index (χ1) is 11.7. The van der Waals surface area contributed by atoms with Crippen LogP contribution in [0.2, 0.25) is 0 Å². The fraction of sp³-hybridized carbons (Fsp3) is 0.381. The number of aliphatic carboxylic acids is 1. The second-order valence-corrected chi connectivity index (χ2v) is 6.71. The van der Waals surface area contributed by atoms with Crippen LogP contribution in [-0.4, -0.2) is 23.2 Å². The van der Waals surface area contributed by atoms with Crippen LogP contribution < -0.4 is 5.32 Å². The summed E-state index contributed by atoms with van der Waals surface area (Å²) in [5.74, 6) is -0.148. The van der Waals surface area contributed by atoms with Gasteiger partial charge in [0.15, 0.2) is 0 Å². The topological polar surface area (TPSA) is 49.3 Å². The van der Waals surface area contributed by atoms with Gasteiger partial charge in [0.2, 0.25) is 0 Å². The van der Waals surface area contributed by atoms with Crippen molar-refractivity contribution in [1.82, 2.24) is 5.32 Å². The zero-order chi connectivity index (χ0) is 16.8. The summed E-state index contributed by atoms with van der Waals surface area (Å²) in [5, 5.41) is 12.9. The van der Waals surface area contributed by atoms with Gasteiger partial charge in [-0.3, -0.25) is 4.79 Å². The van der Waals surface area contributed by atoms with Gasteiger partial charge in [-0.1, -0.05) is 60.7 Å². The number of hydrogen-bond acceptors (Lipinski definition) is 2. The summed E-state index contributed by atoms with van der Waals surface area (Å²) >= 11 is 0. The minimum absolute atomic E-state index is 0.301. The monoisotopic (exact) mass is 323 g/mol. The Morgan fingerprint density at radius 1 is 0.958 bits per heavy atom. The van der Waals surface area contributed by atoms with Gasteiger partial charge in [-0.05, 0) is 49.1 Å². The van der Waals surface area contributed by atoms with E-state index in [4.69, 9.17) is 0 Å². The fourth-order valence-electron chi connectivity index (χ4n) is 3.67. The molecule has 1 atom stereocenters. The van der Waals surface area contributed by atoms with Gasteiger partial charge < -0.3 is 10.4 Å². The third kappa shape index (κ3) is 4.45. The smallest absolute Gasteiger partial charge is 0.321 e. The molecule has 0 aliphatic heterocycles.